The zero-order valence-corrected chi connectivity index (χ0v) is 18.7. The lowest BCUT2D eigenvalue weighted by Crippen LogP contribution is -2.16. The van der Waals surface area contributed by atoms with Crippen molar-refractivity contribution in [2.24, 2.45) is 0 Å². The van der Waals surface area contributed by atoms with Crippen molar-refractivity contribution in [3.05, 3.63) is 75.9 Å². The van der Waals surface area contributed by atoms with Crippen LogP contribution in [0.1, 0.15) is 17.3 Å². The highest BCUT2D eigenvalue weighted by atomic mass is 32.2. The summed E-state index contributed by atoms with van der Waals surface area (Å²) in [5, 5.41) is 5.58. The van der Waals surface area contributed by atoms with Gasteiger partial charge in [-0.05, 0) is 30.7 Å². The van der Waals surface area contributed by atoms with Gasteiger partial charge in [-0.3, -0.25) is 9.59 Å². The molecule has 0 unspecified atom stereocenters. The molecule has 162 valence electrons. The minimum atomic E-state index is -0.445. The Kier molecular flexibility index (Phi) is 6.67. The molecule has 0 radical (unpaired) electrons. The van der Waals surface area contributed by atoms with E-state index >= 15 is 0 Å². The quantitative estimate of drug-likeness (QED) is 0.236. The summed E-state index contributed by atoms with van der Waals surface area (Å²) in [5.74, 6) is -0.677. The minimum Gasteiger partial charge on any atom is -0.462 e. The van der Waals surface area contributed by atoms with Gasteiger partial charge >= 0.3 is 5.97 Å². The molecule has 0 bridgehead atoms. The number of aromatic amines is 1. The number of carbonyl (C=O) groups is 2. The van der Waals surface area contributed by atoms with E-state index in [9.17, 15) is 14.4 Å². The summed E-state index contributed by atoms with van der Waals surface area (Å²) < 4.78 is 4.97. The molecule has 0 aliphatic carbocycles. The van der Waals surface area contributed by atoms with Gasteiger partial charge in [0.1, 0.15) is 4.83 Å². The third kappa shape index (κ3) is 4.90. The molecule has 9 heteroatoms. The number of benzene rings is 2. The van der Waals surface area contributed by atoms with Crippen LogP contribution in [0.5, 0.6) is 0 Å². The molecule has 0 spiro atoms. The molecule has 0 saturated carbocycles. The number of H-pyrrole nitrogens is 1. The third-order valence-electron chi connectivity index (χ3n) is 4.50. The Hall–Kier alpha value is -3.43. The topological polar surface area (TPSA) is 101 Å². The average molecular weight is 466 g/mol. The molecule has 4 aromatic rings. The predicted molar refractivity (Wildman–Crippen MR) is 127 cm³/mol. The fourth-order valence-electron chi connectivity index (χ4n) is 3.10. The zero-order chi connectivity index (χ0) is 22.5. The molecule has 32 heavy (non-hydrogen) atoms. The molecule has 1 amide bonds. The second-order valence-electron chi connectivity index (χ2n) is 6.70. The highest BCUT2D eigenvalue weighted by molar-refractivity contribution is 7.99. The first kappa shape index (κ1) is 21.8. The van der Waals surface area contributed by atoms with Crippen molar-refractivity contribution >= 4 is 50.9 Å². The van der Waals surface area contributed by atoms with Crippen molar-refractivity contribution in [3.8, 4) is 11.1 Å². The first-order valence-electron chi connectivity index (χ1n) is 9.82. The number of esters is 1. The number of carbonyl (C=O) groups excluding carboxylic acids is 2. The minimum absolute atomic E-state index is 0.0506. The second-order valence-corrected chi connectivity index (χ2v) is 8.53. The van der Waals surface area contributed by atoms with Crippen LogP contribution in [0.3, 0.4) is 0 Å². The van der Waals surface area contributed by atoms with E-state index in [-0.39, 0.29) is 23.8 Å². The van der Waals surface area contributed by atoms with Gasteiger partial charge in [0.05, 0.1) is 23.3 Å². The smallest absolute Gasteiger partial charge is 0.338 e. The summed E-state index contributed by atoms with van der Waals surface area (Å²) >= 11 is 2.53. The Balaban J connectivity index is 1.45. The normalized spacial score (nSPS) is 10.8. The number of nitrogens with one attached hydrogen (secondary N) is 2. The first-order valence-corrected chi connectivity index (χ1v) is 11.7. The Morgan fingerprint density at radius 2 is 1.97 bits per heavy atom. The van der Waals surface area contributed by atoms with Gasteiger partial charge < -0.3 is 15.0 Å². The van der Waals surface area contributed by atoms with Gasteiger partial charge in [-0.15, -0.1) is 11.3 Å². The lowest BCUT2D eigenvalue weighted by atomic mass is 10.1. The van der Waals surface area contributed by atoms with Crippen LogP contribution in [0, 0.1) is 0 Å². The molecule has 0 aliphatic heterocycles. The number of aromatic nitrogens is 2. The molecule has 2 N–H and O–H groups in total. The number of anilines is 1. The van der Waals surface area contributed by atoms with Crippen LogP contribution < -0.4 is 10.9 Å². The number of amides is 1. The van der Waals surface area contributed by atoms with Crippen molar-refractivity contribution in [1.29, 1.82) is 0 Å². The second kappa shape index (κ2) is 9.80. The maximum absolute atomic E-state index is 12.7. The number of rotatable bonds is 7. The summed E-state index contributed by atoms with van der Waals surface area (Å²) in [7, 11) is 0. The van der Waals surface area contributed by atoms with E-state index in [4.69, 9.17) is 4.74 Å². The standard InChI is InChI=1S/C23H19N3O4S2/c1-2-30-22(29)15-9-6-10-16(11-15)24-18(27)13-32-23-25-20(28)19-17(12-31-21(19)26-23)14-7-4-3-5-8-14/h3-12H,2,13H2,1H3,(H,24,27)(H,25,26,28). The van der Waals surface area contributed by atoms with Gasteiger partial charge in [0, 0.05) is 16.6 Å². The van der Waals surface area contributed by atoms with Gasteiger partial charge in [0.2, 0.25) is 5.91 Å². The average Bonchev–Trinajstić information content (AvgIpc) is 3.23. The third-order valence-corrected chi connectivity index (χ3v) is 6.25. The summed E-state index contributed by atoms with van der Waals surface area (Å²) in [5.41, 5.74) is 2.41. The van der Waals surface area contributed by atoms with E-state index < -0.39 is 5.97 Å². The number of ether oxygens (including phenoxy) is 1. The number of thiophene rings is 1. The van der Waals surface area contributed by atoms with E-state index in [2.05, 4.69) is 15.3 Å². The van der Waals surface area contributed by atoms with Crippen LogP contribution in [0.15, 0.2) is 69.9 Å². The fraction of sp³-hybridized carbons (Fsp3) is 0.130. The van der Waals surface area contributed by atoms with E-state index in [0.29, 0.717) is 26.6 Å². The van der Waals surface area contributed by atoms with Gasteiger partial charge in [-0.1, -0.05) is 48.2 Å². The molecule has 2 aromatic heterocycles. The van der Waals surface area contributed by atoms with Crippen molar-refractivity contribution < 1.29 is 14.3 Å². The Morgan fingerprint density at radius 1 is 1.16 bits per heavy atom. The molecule has 2 aromatic carbocycles. The van der Waals surface area contributed by atoms with Crippen LogP contribution in [0.4, 0.5) is 5.69 Å². The Labute approximate surface area is 191 Å². The van der Waals surface area contributed by atoms with Crippen LogP contribution in [-0.4, -0.2) is 34.2 Å². The molecule has 0 saturated heterocycles. The highest BCUT2D eigenvalue weighted by Gasteiger charge is 2.14. The molecule has 0 fully saturated rings. The molecule has 0 atom stereocenters. The lowest BCUT2D eigenvalue weighted by molar-refractivity contribution is -0.113. The van der Waals surface area contributed by atoms with Crippen LogP contribution >= 0.6 is 23.1 Å². The number of thioether (sulfide) groups is 1. The number of fused-ring (bicyclic) bond motifs is 1. The molecular weight excluding hydrogens is 446 g/mol. The Bertz CT molecular complexity index is 1330. The van der Waals surface area contributed by atoms with Gasteiger partial charge in [-0.25, -0.2) is 9.78 Å². The van der Waals surface area contributed by atoms with Crippen molar-refractivity contribution in [1.82, 2.24) is 9.97 Å². The largest absolute Gasteiger partial charge is 0.462 e. The van der Waals surface area contributed by atoms with E-state index in [1.165, 1.54) is 11.3 Å². The highest BCUT2D eigenvalue weighted by Crippen LogP contribution is 2.31. The number of hydrogen-bond acceptors (Lipinski definition) is 7. The molecule has 0 aliphatic rings. The Morgan fingerprint density at radius 3 is 2.75 bits per heavy atom. The lowest BCUT2D eigenvalue weighted by Gasteiger charge is -2.07. The molecule has 7 nitrogen and oxygen atoms in total. The maximum Gasteiger partial charge on any atom is 0.338 e. The van der Waals surface area contributed by atoms with Gasteiger partial charge in [0.15, 0.2) is 5.16 Å². The summed E-state index contributed by atoms with van der Waals surface area (Å²) in [4.78, 5) is 44.8. The first-order chi connectivity index (χ1) is 15.5. The maximum atomic E-state index is 12.7. The van der Waals surface area contributed by atoms with Crippen molar-refractivity contribution in [2.75, 3.05) is 17.7 Å². The molecule has 4 rings (SSSR count). The summed E-state index contributed by atoms with van der Waals surface area (Å²) in [6.07, 6.45) is 0. The van der Waals surface area contributed by atoms with Gasteiger partial charge in [-0.2, -0.15) is 0 Å². The summed E-state index contributed by atoms with van der Waals surface area (Å²) in [6, 6.07) is 16.2. The van der Waals surface area contributed by atoms with E-state index in [1.54, 1.807) is 31.2 Å². The predicted octanol–water partition coefficient (Wildman–Crippen LogP) is 4.56. The van der Waals surface area contributed by atoms with Crippen LogP contribution in [0.25, 0.3) is 21.3 Å². The SMILES string of the molecule is CCOC(=O)c1cccc(NC(=O)CSc2nc3scc(-c4ccccc4)c3c(=O)[nH]2)c1. The molecule has 2 heterocycles. The van der Waals surface area contributed by atoms with E-state index in [0.717, 1.165) is 22.9 Å². The number of nitrogens with zero attached hydrogens (tertiary/aromatic N) is 1. The van der Waals surface area contributed by atoms with E-state index in [1.807, 2.05) is 35.7 Å². The molecular formula is C23H19N3O4S2. The van der Waals surface area contributed by atoms with Crippen LogP contribution in [0.2, 0.25) is 0 Å². The van der Waals surface area contributed by atoms with Crippen LogP contribution in [-0.2, 0) is 9.53 Å². The number of hydrogen-bond donors (Lipinski definition) is 2. The fourth-order valence-corrected chi connectivity index (χ4v) is 4.76. The van der Waals surface area contributed by atoms with Crippen molar-refractivity contribution in [3.63, 3.8) is 0 Å². The summed E-state index contributed by atoms with van der Waals surface area (Å²) in [6.45, 7) is 2.01. The van der Waals surface area contributed by atoms with Gasteiger partial charge in [0.25, 0.3) is 5.56 Å². The van der Waals surface area contributed by atoms with Crippen molar-refractivity contribution in [2.45, 2.75) is 12.1 Å². The monoisotopic (exact) mass is 465 g/mol. The zero-order valence-electron chi connectivity index (χ0n) is 17.1.